The molecule has 3 rings (SSSR count). The van der Waals surface area contributed by atoms with Crippen molar-refractivity contribution in [1.29, 1.82) is 0 Å². The van der Waals surface area contributed by atoms with Crippen LogP contribution in [0.15, 0.2) is 30.5 Å². The lowest BCUT2D eigenvalue weighted by Crippen LogP contribution is -2.01. The van der Waals surface area contributed by atoms with E-state index in [9.17, 15) is 4.79 Å². The molecule has 0 bridgehead atoms. The van der Waals surface area contributed by atoms with Crippen LogP contribution >= 0.6 is 11.5 Å². The Balaban J connectivity index is 1.84. The fourth-order valence-corrected chi connectivity index (χ4v) is 1.98. The summed E-state index contributed by atoms with van der Waals surface area (Å²) in [5.74, 6) is 0.706. The molecular formula is C12H10N2O2S. The number of hydrogen-bond acceptors (Lipinski definition) is 5. The monoisotopic (exact) mass is 246 g/mol. The van der Waals surface area contributed by atoms with Crippen LogP contribution in [0.25, 0.3) is 0 Å². The molecule has 0 saturated heterocycles. The molecule has 2 aromatic rings. The summed E-state index contributed by atoms with van der Waals surface area (Å²) in [7, 11) is 0. The molecule has 0 amide bonds. The zero-order valence-electron chi connectivity index (χ0n) is 9.00. The quantitative estimate of drug-likeness (QED) is 0.777. The average molecular weight is 246 g/mol. The SMILES string of the molecule is O=C(c1cccc(OC2CC2)c1)c1cnns1. The topological polar surface area (TPSA) is 52.1 Å². The van der Waals surface area contributed by atoms with Crippen LogP contribution < -0.4 is 4.74 Å². The van der Waals surface area contributed by atoms with E-state index in [1.54, 1.807) is 12.1 Å². The highest BCUT2D eigenvalue weighted by atomic mass is 32.1. The van der Waals surface area contributed by atoms with Crippen LogP contribution in [0.4, 0.5) is 0 Å². The maximum atomic E-state index is 12.0. The molecule has 1 aromatic carbocycles. The van der Waals surface area contributed by atoms with Gasteiger partial charge in [-0.1, -0.05) is 16.6 Å². The van der Waals surface area contributed by atoms with E-state index in [2.05, 4.69) is 9.59 Å². The number of ketones is 1. The predicted octanol–water partition coefficient (Wildman–Crippen LogP) is 2.31. The minimum absolute atomic E-state index is 0.0544. The maximum absolute atomic E-state index is 12.0. The van der Waals surface area contributed by atoms with Crippen LogP contribution in [-0.2, 0) is 0 Å². The Morgan fingerprint density at radius 3 is 3.00 bits per heavy atom. The first-order chi connectivity index (χ1) is 8.33. The zero-order chi connectivity index (χ0) is 11.7. The highest BCUT2D eigenvalue weighted by Crippen LogP contribution is 2.27. The fraction of sp³-hybridized carbons (Fsp3) is 0.250. The van der Waals surface area contributed by atoms with Crippen molar-refractivity contribution in [2.45, 2.75) is 18.9 Å². The van der Waals surface area contributed by atoms with Gasteiger partial charge in [0.1, 0.15) is 10.6 Å². The first-order valence-electron chi connectivity index (χ1n) is 5.42. The van der Waals surface area contributed by atoms with Crippen LogP contribution in [0, 0.1) is 0 Å². The van der Waals surface area contributed by atoms with Crippen molar-refractivity contribution in [3.63, 3.8) is 0 Å². The number of hydrogen-bond donors (Lipinski definition) is 0. The van der Waals surface area contributed by atoms with Gasteiger partial charge in [0.05, 0.1) is 12.3 Å². The fourth-order valence-electron chi connectivity index (χ4n) is 1.50. The van der Waals surface area contributed by atoms with E-state index in [0.717, 1.165) is 30.1 Å². The number of aromatic nitrogens is 2. The second-order valence-corrected chi connectivity index (χ2v) is 4.74. The first kappa shape index (κ1) is 10.4. The summed E-state index contributed by atoms with van der Waals surface area (Å²) in [5.41, 5.74) is 0.620. The highest BCUT2D eigenvalue weighted by Gasteiger charge is 2.23. The number of nitrogens with zero attached hydrogens (tertiary/aromatic N) is 2. The van der Waals surface area contributed by atoms with Crippen molar-refractivity contribution < 1.29 is 9.53 Å². The summed E-state index contributed by atoms with van der Waals surface area (Å²) < 4.78 is 9.34. The Kier molecular flexibility index (Phi) is 2.60. The van der Waals surface area contributed by atoms with Gasteiger partial charge in [-0.3, -0.25) is 4.79 Å². The summed E-state index contributed by atoms with van der Waals surface area (Å²) in [6, 6.07) is 7.27. The average Bonchev–Trinajstić information content (AvgIpc) is 2.99. The molecule has 5 heteroatoms. The first-order valence-corrected chi connectivity index (χ1v) is 6.19. The normalized spacial score (nSPS) is 14.6. The number of carbonyl (C=O) groups excluding carboxylic acids is 1. The Morgan fingerprint density at radius 1 is 1.41 bits per heavy atom. The Bertz CT molecular complexity index is 535. The van der Waals surface area contributed by atoms with Crippen LogP contribution in [0.1, 0.15) is 28.1 Å². The van der Waals surface area contributed by atoms with Gasteiger partial charge in [0.2, 0.25) is 5.78 Å². The molecule has 0 atom stereocenters. The van der Waals surface area contributed by atoms with Gasteiger partial charge in [0.15, 0.2) is 0 Å². The van der Waals surface area contributed by atoms with E-state index >= 15 is 0 Å². The van der Waals surface area contributed by atoms with Crippen molar-refractivity contribution in [3.05, 3.63) is 40.9 Å². The minimum Gasteiger partial charge on any atom is -0.490 e. The third-order valence-electron chi connectivity index (χ3n) is 2.51. The van der Waals surface area contributed by atoms with Crippen LogP contribution in [0.2, 0.25) is 0 Å². The standard InChI is InChI=1S/C12H10N2O2S/c15-12(11-7-13-14-17-11)8-2-1-3-10(6-8)16-9-4-5-9/h1-3,6-7,9H,4-5H2. The van der Waals surface area contributed by atoms with Gasteiger partial charge in [-0.25, -0.2) is 0 Å². The molecule has 86 valence electrons. The summed E-state index contributed by atoms with van der Waals surface area (Å²) >= 11 is 1.11. The van der Waals surface area contributed by atoms with Crippen molar-refractivity contribution >= 4 is 17.3 Å². The van der Waals surface area contributed by atoms with Gasteiger partial charge < -0.3 is 4.74 Å². The van der Waals surface area contributed by atoms with E-state index in [1.807, 2.05) is 12.1 Å². The van der Waals surface area contributed by atoms with Gasteiger partial charge in [-0.05, 0) is 36.5 Å². The minimum atomic E-state index is -0.0544. The lowest BCUT2D eigenvalue weighted by molar-refractivity contribution is 0.104. The van der Waals surface area contributed by atoms with Gasteiger partial charge >= 0.3 is 0 Å². The van der Waals surface area contributed by atoms with Gasteiger partial charge in [0.25, 0.3) is 0 Å². The smallest absolute Gasteiger partial charge is 0.206 e. The summed E-state index contributed by atoms with van der Waals surface area (Å²) in [5, 5.41) is 3.67. The second-order valence-electron chi connectivity index (χ2n) is 3.96. The molecular weight excluding hydrogens is 236 g/mol. The predicted molar refractivity (Wildman–Crippen MR) is 63.4 cm³/mol. The van der Waals surface area contributed by atoms with Crippen LogP contribution in [0.3, 0.4) is 0 Å². The van der Waals surface area contributed by atoms with E-state index in [-0.39, 0.29) is 5.78 Å². The second kappa shape index (κ2) is 4.25. The Morgan fingerprint density at radius 2 is 2.29 bits per heavy atom. The van der Waals surface area contributed by atoms with E-state index in [1.165, 1.54) is 6.20 Å². The van der Waals surface area contributed by atoms with Crippen molar-refractivity contribution in [2.75, 3.05) is 0 Å². The van der Waals surface area contributed by atoms with Crippen LogP contribution in [-0.4, -0.2) is 21.5 Å². The molecule has 4 nitrogen and oxygen atoms in total. The summed E-state index contributed by atoms with van der Waals surface area (Å²) in [4.78, 5) is 12.6. The number of ether oxygens (including phenoxy) is 1. The lowest BCUT2D eigenvalue weighted by atomic mass is 10.1. The molecule has 0 aliphatic heterocycles. The molecule has 1 aromatic heterocycles. The molecule has 17 heavy (non-hydrogen) atoms. The number of rotatable bonds is 4. The van der Waals surface area contributed by atoms with Gasteiger partial charge in [-0.2, -0.15) is 0 Å². The molecule has 1 saturated carbocycles. The molecule has 0 N–H and O–H groups in total. The summed E-state index contributed by atoms with van der Waals surface area (Å²) in [6.07, 6.45) is 4.04. The lowest BCUT2D eigenvalue weighted by Gasteiger charge is -2.05. The Hall–Kier alpha value is -1.75. The number of carbonyl (C=O) groups is 1. The van der Waals surface area contributed by atoms with Crippen molar-refractivity contribution in [3.8, 4) is 5.75 Å². The molecule has 0 radical (unpaired) electrons. The third kappa shape index (κ3) is 2.34. The van der Waals surface area contributed by atoms with E-state index in [4.69, 9.17) is 4.74 Å². The molecule has 1 heterocycles. The summed E-state index contributed by atoms with van der Waals surface area (Å²) in [6.45, 7) is 0. The maximum Gasteiger partial charge on any atom is 0.206 e. The van der Waals surface area contributed by atoms with Crippen molar-refractivity contribution in [2.24, 2.45) is 0 Å². The molecule has 1 aliphatic carbocycles. The molecule has 1 fully saturated rings. The van der Waals surface area contributed by atoms with E-state index in [0.29, 0.717) is 16.5 Å². The molecule has 0 spiro atoms. The molecule has 0 unspecified atom stereocenters. The highest BCUT2D eigenvalue weighted by molar-refractivity contribution is 7.08. The zero-order valence-corrected chi connectivity index (χ0v) is 9.81. The largest absolute Gasteiger partial charge is 0.490 e. The Labute approximate surface area is 102 Å². The molecule has 1 aliphatic rings. The van der Waals surface area contributed by atoms with Crippen molar-refractivity contribution in [1.82, 2.24) is 9.59 Å². The third-order valence-corrected chi connectivity index (χ3v) is 3.17. The van der Waals surface area contributed by atoms with Gasteiger partial charge in [-0.15, -0.1) is 5.10 Å². The number of benzene rings is 1. The van der Waals surface area contributed by atoms with E-state index < -0.39 is 0 Å². The van der Waals surface area contributed by atoms with Crippen LogP contribution in [0.5, 0.6) is 5.75 Å². The van der Waals surface area contributed by atoms with Gasteiger partial charge in [0, 0.05) is 5.56 Å².